The molecule has 5 rings (SSSR count). The third-order valence-electron chi connectivity index (χ3n) is 4.76. The van der Waals surface area contributed by atoms with Crippen LogP contribution in [0.15, 0.2) is 55.0 Å². The van der Waals surface area contributed by atoms with Crippen molar-refractivity contribution in [1.82, 2.24) is 29.4 Å². The van der Waals surface area contributed by atoms with Crippen LogP contribution in [-0.2, 0) is 13.7 Å². The van der Waals surface area contributed by atoms with Gasteiger partial charge in [0.25, 0.3) is 0 Å². The molecule has 0 spiro atoms. The average Bonchev–Trinajstić information content (AvgIpc) is 3.33. The molecule has 0 amide bonds. The Labute approximate surface area is 171 Å². The van der Waals surface area contributed by atoms with Gasteiger partial charge < -0.3 is 4.74 Å². The number of ether oxygens (including phenoxy) is 1. The van der Waals surface area contributed by atoms with Gasteiger partial charge in [-0.25, -0.2) is 14.5 Å². The summed E-state index contributed by atoms with van der Waals surface area (Å²) >= 11 is 6.19. The lowest BCUT2D eigenvalue weighted by atomic mass is 10.1. The molecule has 2 aromatic carbocycles. The Morgan fingerprint density at radius 1 is 1.07 bits per heavy atom. The summed E-state index contributed by atoms with van der Waals surface area (Å²) in [4.78, 5) is 9.07. The maximum atomic E-state index is 6.19. The Balaban J connectivity index is 1.40. The fourth-order valence-corrected chi connectivity index (χ4v) is 3.37. The molecule has 7 nitrogen and oxygen atoms in total. The molecule has 5 aromatic rings. The van der Waals surface area contributed by atoms with Gasteiger partial charge in [0, 0.05) is 12.6 Å². The van der Waals surface area contributed by atoms with E-state index in [1.54, 1.807) is 21.7 Å². The van der Waals surface area contributed by atoms with Crippen LogP contribution in [-0.4, -0.2) is 29.4 Å². The summed E-state index contributed by atoms with van der Waals surface area (Å²) in [5, 5.41) is 10.3. The zero-order valence-corrected chi connectivity index (χ0v) is 16.6. The highest BCUT2D eigenvalue weighted by Gasteiger charge is 2.12. The van der Waals surface area contributed by atoms with E-state index >= 15 is 0 Å². The first-order valence-corrected chi connectivity index (χ1v) is 9.47. The number of hydrogen-bond donors (Lipinski definition) is 0. The second-order valence-electron chi connectivity index (χ2n) is 6.87. The molecule has 0 aliphatic carbocycles. The van der Waals surface area contributed by atoms with Crippen LogP contribution in [0, 0.1) is 6.92 Å². The summed E-state index contributed by atoms with van der Waals surface area (Å²) in [5.74, 6) is 1.32. The molecule has 144 valence electrons. The lowest BCUT2D eigenvalue weighted by molar-refractivity contribution is 0.306. The van der Waals surface area contributed by atoms with Crippen LogP contribution in [0.1, 0.15) is 11.1 Å². The van der Waals surface area contributed by atoms with Gasteiger partial charge in [0.05, 0.1) is 16.6 Å². The van der Waals surface area contributed by atoms with Crippen molar-refractivity contribution in [2.45, 2.75) is 13.5 Å². The molecule has 0 atom stereocenters. The topological polar surface area (TPSA) is 70.1 Å². The van der Waals surface area contributed by atoms with Gasteiger partial charge in [0.1, 0.15) is 18.7 Å². The second kappa shape index (κ2) is 6.86. The predicted molar refractivity (Wildman–Crippen MR) is 111 cm³/mol. The Morgan fingerprint density at radius 3 is 2.72 bits per heavy atom. The fraction of sp³-hybridized carbons (Fsp3) is 0.143. The van der Waals surface area contributed by atoms with E-state index in [9.17, 15) is 0 Å². The van der Waals surface area contributed by atoms with Crippen molar-refractivity contribution in [2.24, 2.45) is 7.05 Å². The van der Waals surface area contributed by atoms with Gasteiger partial charge in [-0.2, -0.15) is 5.10 Å². The number of aromatic nitrogens is 6. The molecule has 0 saturated heterocycles. The molecule has 0 radical (unpaired) electrons. The summed E-state index contributed by atoms with van der Waals surface area (Å²) in [6, 6.07) is 13.7. The Bertz CT molecular complexity index is 1340. The first kappa shape index (κ1) is 17.6. The predicted octanol–water partition coefficient (Wildman–Crippen LogP) is 4.22. The van der Waals surface area contributed by atoms with Gasteiger partial charge in [-0.1, -0.05) is 41.9 Å². The van der Waals surface area contributed by atoms with Crippen LogP contribution in [0.5, 0.6) is 5.75 Å². The number of rotatable bonds is 4. The van der Waals surface area contributed by atoms with Crippen molar-refractivity contribution >= 4 is 28.3 Å². The smallest absolute Gasteiger partial charge is 0.182 e. The monoisotopic (exact) mass is 404 g/mol. The zero-order valence-electron chi connectivity index (χ0n) is 15.9. The van der Waals surface area contributed by atoms with E-state index in [0.717, 1.165) is 33.4 Å². The highest BCUT2D eigenvalue weighted by Crippen LogP contribution is 2.26. The Morgan fingerprint density at radius 2 is 1.90 bits per heavy atom. The molecular formula is C21H17ClN6O. The molecule has 0 aliphatic heterocycles. The molecule has 0 N–H and O–H groups in total. The van der Waals surface area contributed by atoms with Crippen molar-refractivity contribution in [2.75, 3.05) is 0 Å². The van der Waals surface area contributed by atoms with Gasteiger partial charge in [0.15, 0.2) is 17.1 Å². The largest absolute Gasteiger partial charge is 0.487 e. The zero-order chi connectivity index (χ0) is 20.0. The van der Waals surface area contributed by atoms with Crippen molar-refractivity contribution in [3.63, 3.8) is 0 Å². The maximum Gasteiger partial charge on any atom is 0.182 e. The van der Waals surface area contributed by atoms with Gasteiger partial charge in [0.2, 0.25) is 0 Å². The summed E-state index contributed by atoms with van der Waals surface area (Å²) in [7, 11) is 1.86. The van der Waals surface area contributed by atoms with Crippen LogP contribution in [0.4, 0.5) is 0 Å². The Kier molecular flexibility index (Phi) is 4.17. The average molecular weight is 405 g/mol. The molecule has 0 saturated carbocycles. The third kappa shape index (κ3) is 3.19. The molecule has 29 heavy (non-hydrogen) atoms. The van der Waals surface area contributed by atoms with Gasteiger partial charge in [-0.3, -0.25) is 4.68 Å². The molecule has 0 aliphatic rings. The van der Waals surface area contributed by atoms with E-state index in [1.165, 1.54) is 0 Å². The summed E-state index contributed by atoms with van der Waals surface area (Å²) < 4.78 is 9.26. The second-order valence-corrected chi connectivity index (χ2v) is 7.28. The van der Waals surface area contributed by atoms with E-state index in [0.29, 0.717) is 23.2 Å². The van der Waals surface area contributed by atoms with Crippen LogP contribution < -0.4 is 4.74 Å². The minimum absolute atomic E-state index is 0.433. The number of fused-ring (bicyclic) bond motifs is 3. The molecule has 0 unspecified atom stereocenters. The molecule has 0 fully saturated rings. The van der Waals surface area contributed by atoms with E-state index in [1.807, 2.05) is 56.4 Å². The Hall–Kier alpha value is -3.45. The standard InChI is InChI=1S/C21H17ClN6O/c1-13-3-8-17(22)18(9-13)29-11-14-4-6-15(7-5-14)19-25-21-16-10-24-27(2)20(16)23-12-28(21)26-19/h3-10,12H,11H2,1-2H3. The minimum Gasteiger partial charge on any atom is -0.487 e. The van der Waals surface area contributed by atoms with Crippen molar-refractivity contribution in [1.29, 1.82) is 0 Å². The van der Waals surface area contributed by atoms with E-state index < -0.39 is 0 Å². The molecule has 3 heterocycles. The highest BCUT2D eigenvalue weighted by atomic mass is 35.5. The van der Waals surface area contributed by atoms with Crippen LogP contribution in [0.3, 0.4) is 0 Å². The van der Waals surface area contributed by atoms with Crippen LogP contribution >= 0.6 is 11.6 Å². The van der Waals surface area contributed by atoms with Crippen molar-refractivity contribution in [3.8, 4) is 17.1 Å². The van der Waals surface area contributed by atoms with Gasteiger partial charge in [-0.15, -0.1) is 5.10 Å². The quantitative estimate of drug-likeness (QED) is 0.448. The normalized spacial score (nSPS) is 11.4. The first-order chi connectivity index (χ1) is 14.1. The number of halogens is 1. The number of benzene rings is 2. The molecular weight excluding hydrogens is 388 g/mol. The number of nitrogens with zero attached hydrogens (tertiary/aromatic N) is 6. The van der Waals surface area contributed by atoms with Crippen molar-refractivity contribution in [3.05, 3.63) is 71.1 Å². The highest BCUT2D eigenvalue weighted by molar-refractivity contribution is 6.32. The summed E-state index contributed by atoms with van der Waals surface area (Å²) in [6.07, 6.45) is 3.41. The van der Waals surface area contributed by atoms with Gasteiger partial charge in [-0.05, 0) is 30.2 Å². The van der Waals surface area contributed by atoms with Crippen molar-refractivity contribution < 1.29 is 4.74 Å². The summed E-state index contributed by atoms with van der Waals surface area (Å²) in [5.41, 5.74) is 4.57. The molecule has 0 bridgehead atoms. The first-order valence-electron chi connectivity index (χ1n) is 9.10. The van der Waals surface area contributed by atoms with E-state index in [-0.39, 0.29) is 0 Å². The van der Waals surface area contributed by atoms with Gasteiger partial charge >= 0.3 is 0 Å². The fourth-order valence-electron chi connectivity index (χ4n) is 3.19. The SMILES string of the molecule is Cc1ccc(Cl)c(OCc2ccc(-c3nc4c5cnn(C)c5ncn4n3)cc2)c1. The van der Waals surface area contributed by atoms with E-state index in [4.69, 9.17) is 16.3 Å². The lowest BCUT2D eigenvalue weighted by Crippen LogP contribution is -1.96. The minimum atomic E-state index is 0.433. The molecule has 8 heteroatoms. The third-order valence-corrected chi connectivity index (χ3v) is 5.07. The maximum absolute atomic E-state index is 6.19. The number of aryl methyl sites for hydroxylation is 2. The number of hydrogen-bond acceptors (Lipinski definition) is 5. The molecule has 3 aromatic heterocycles. The van der Waals surface area contributed by atoms with E-state index in [2.05, 4.69) is 20.2 Å². The van der Waals surface area contributed by atoms with Crippen LogP contribution in [0.2, 0.25) is 5.02 Å². The summed E-state index contributed by atoms with van der Waals surface area (Å²) in [6.45, 7) is 2.44. The lowest BCUT2D eigenvalue weighted by Gasteiger charge is -2.09. The van der Waals surface area contributed by atoms with Crippen LogP contribution in [0.25, 0.3) is 28.1 Å².